The summed E-state index contributed by atoms with van der Waals surface area (Å²) in [5.41, 5.74) is -5.64. The van der Waals surface area contributed by atoms with Crippen molar-refractivity contribution in [3.63, 3.8) is 0 Å². The van der Waals surface area contributed by atoms with E-state index in [1.807, 2.05) is 0 Å². The van der Waals surface area contributed by atoms with E-state index in [0.717, 1.165) is 23.5 Å². The monoisotopic (exact) mass is 380 g/mol. The molecule has 0 radical (unpaired) electrons. The van der Waals surface area contributed by atoms with Crippen LogP contribution in [-0.4, -0.2) is 31.9 Å². The molecule has 1 amide bonds. The number of aryl methyl sites for hydroxylation is 1. The minimum atomic E-state index is -5.54. The van der Waals surface area contributed by atoms with Gasteiger partial charge in [0.05, 0.1) is 28.9 Å². The van der Waals surface area contributed by atoms with Crippen LogP contribution in [0, 0.1) is 6.92 Å². The van der Waals surface area contributed by atoms with Crippen molar-refractivity contribution in [1.29, 1.82) is 0 Å². The second-order valence-corrected chi connectivity index (χ2v) is 7.68. The Morgan fingerprint density at radius 1 is 1.33 bits per heavy atom. The highest BCUT2D eigenvalue weighted by Gasteiger charge is 2.47. The predicted molar refractivity (Wildman–Crippen MR) is 81.0 cm³/mol. The number of sulfone groups is 1. The van der Waals surface area contributed by atoms with E-state index in [1.54, 1.807) is 6.92 Å². The summed E-state index contributed by atoms with van der Waals surface area (Å²) in [5, 5.41) is 2.96. The van der Waals surface area contributed by atoms with Crippen molar-refractivity contribution >= 4 is 32.8 Å². The van der Waals surface area contributed by atoms with E-state index in [-0.39, 0.29) is 16.3 Å². The molecule has 0 saturated carbocycles. The van der Waals surface area contributed by atoms with E-state index in [1.165, 1.54) is 13.3 Å². The molecule has 2 aromatic rings. The van der Waals surface area contributed by atoms with E-state index >= 15 is 0 Å². The van der Waals surface area contributed by atoms with Crippen molar-refractivity contribution in [3.05, 3.63) is 34.3 Å². The number of rotatable bonds is 4. The first kappa shape index (κ1) is 18.2. The highest BCUT2D eigenvalue weighted by molar-refractivity contribution is 7.92. The molecule has 0 aliphatic rings. The number of hydrogen-bond acceptors (Lipinski definition) is 6. The van der Waals surface area contributed by atoms with Crippen molar-refractivity contribution in [2.75, 3.05) is 12.4 Å². The highest BCUT2D eigenvalue weighted by atomic mass is 32.2. The van der Waals surface area contributed by atoms with Crippen LogP contribution in [-0.2, 0) is 9.84 Å². The Morgan fingerprint density at radius 2 is 2.00 bits per heavy atom. The Morgan fingerprint density at radius 3 is 2.50 bits per heavy atom. The summed E-state index contributed by atoms with van der Waals surface area (Å²) in [6.45, 7) is 1.68. The Hall–Kier alpha value is -2.14. The predicted octanol–water partition coefficient (Wildman–Crippen LogP) is 3.01. The van der Waals surface area contributed by atoms with Gasteiger partial charge in [-0.1, -0.05) is 0 Å². The van der Waals surface area contributed by atoms with Gasteiger partial charge < -0.3 is 10.1 Å². The first-order valence-corrected chi connectivity index (χ1v) is 8.59. The molecule has 1 N–H and O–H groups in total. The highest BCUT2D eigenvalue weighted by Crippen LogP contribution is 2.34. The first-order valence-electron chi connectivity index (χ1n) is 6.29. The van der Waals surface area contributed by atoms with Crippen LogP contribution in [0.4, 0.5) is 18.9 Å². The van der Waals surface area contributed by atoms with Gasteiger partial charge in [0.2, 0.25) is 0 Å². The second-order valence-electron chi connectivity index (χ2n) is 4.51. The number of methoxy groups -OCH3 is 1. The molecule has 0 aliphatic carbocycles. The molecule has 1 heterocycles. The first-order chi connectivity index (χ1) is 11.1. The van der Waals surface area contributed by atoms with Gasteiger partial charge in [-0.15, -0.1) is 11.3 Å². The zero-order valence-corrected chi connectivity index (χ0v) is 14.0. The number of amides is 1. The van der Waals surface area contributed by atoms with Gasteiger partial charge in [0.15, 0.2) is 0 Å². The maximum absolute atomic E-state index is 12.7. The third kappa shape index (κ3) is 3.51. The number of ether oxygens (including phenoxy) is 1. The number of thiazole rings is 1. The number of hydrogen-bond donors (Lipinski definition) is 1. The van der Waals surface area contributed by atoms with E-state index in [9.17, 15) is 26.4 Å². The van der Waals surface area contributed by atoms with Crippen molar-refractivity contribution in [2.24, 2.45) is 0 Å². The van der Waals surface area contributed by atoms with Crippen LogP contribution >= 0.6 is 11.3 Å². The van der Waals surface area contributed by atoms with E-state index in [0.29, 0.717) is 11.1 Å². The SMILES string of the molecule is COc1ccc(S(=O)(=O)C(F)(F)F)cc1NC(=O)c1cnc(C)s1. The smallest absolute Gasteiger partial charge is 0.495 e. The van der Waals surface area contributed by atoms with Gasteiger partial charge in [-0.25, -0.2) is 13.4 Å². The Balaban J connectivity index is 2.42. The molecular formula is C13H11F3N2O4S2. The van der Waals surface area contributed by atoms with Crippen LogP contribution in [0.25, 0.3) is 0 Å². The van der Waals surface area contributed by atoms with Crippen molar-refractivity contribution in [2.45, 2.75) is 17.3 Å². The maximum atomic E-state index is 12.7. The quantitative estimate of drug-likeness (QED) is 0.881. The van der Waals surface area contributed by atoms with E-state index in [4.69, 9.17) is 4.74 Å². The van der Waals surface area contributed by atoms with Crippen LogP contribution in [0.2, 0.25) is 0 Å². The largest absolute Gasteiger partial charge is 0.501 e. The number of carbonyl (C=O) groups excluding carboxylic acids is 1. The lowest BCUT2D eigenvalue weighted by molar-refractivity contribution is -0.0436. The second kappa shape index (κ2) is 6.40. The fourth-order valence-electron chi connectivity index (χ4n) is 1.74. The standard InChI is InChI=1S/C13H11F3N2O4S2/c1-7-17-6-11(23-7)12(19)18-9-5-8(3-4-10(9)22-2)24(20,21)13(14,15)16/h3-6H,1-2H3,(H,18,19). The molecule has 0 atom stereocenters. The van der Waals surface area contributed by atoms with E-state index in [2.05, 4.69) is 10.3 Å². The third-order valence-electron chi connectivity index (χ3n) is 2.88. The van der Waals surface area contributed by atoms with Crippen LogP contribution in [0.15, 0.2) is 29.3 Å². The molecular weight excluding hydrogens is 369 g/mol. The number of carbonyl (C=O) groups is 1. The van der Waals surface area contributed by atoms with Crippen molar-refractivity contribution in [3.8, 4) is 5.75 Å². The molecule has 0 saturated heterocycles. The number of halogens is 3. The molecule has 1 aromatic carbocycles. The number of aromatic nitrogens is 1. The molecule has 0 spiro atoms. The minimum Gasteiger partial charge on any atom is -0.495 e. The van der Waals surface area contributed by atoms with Gasteiger partial charge >= 0.3 is 5.51 Å². The zero-order chi connectivity index (χ0) is 18.1. The van der Waals surface area contributed by atoms with Gasteiger partial charge in [-0.05, 0) is 25.1 Å². The van der Waals surface area contributed by atoms with Gasteiger partial charge in [0.25, 0.3) is 15.7 Å². The molecule has 2 rings (SSSR count). The Bertz CT molecular complexity index is 876. The maximum Gasteiger partial charge on any atom is 0.501 e. The van der Waals surface area contributed by atoms with Gasteiger partial charge in [-0.2, -0.15) is 13.2 Å². The number of benzene rings is 1. The Kier molecular flexibility index (Phi) is 4.85. The molecule has 0 aliphatic heterocycles. The lowest BCUT2D eigenvalue weighted by Gasteiger charge is -2.13. The molecule has 0 fully saturated rings. The molecule has 0 unspecified atom stereocenters. The van der Waals surface area contributed by atoms with Gasteiger partial charge in [0, 0.05) is 0 Å². The average Bonchev–Trinajstić information content (AvgIpc) is 2.92. The fraction of sp³-hybridized carbons (Fsp3) is 0.231. The van der Waals surface area contributed by atoms with E-state index < -0.39 is 26.1 Å². The average molecular weight is 380 g/mol. The number of anilines is 1. The fourth-order valence-corrected chi connectivity index (χ4v) is 3.20. The molecule has 1 aromatic heterocycles. The van der Waals surface area contributed by atoms with Gasteiger partial charge in [-0.3, -0.25) is 4.79 Å². The van der Waals surface area contributed by atoms with Crippen LogP contribution < -0.4 is 10.1 Å². The van der Waals surface area contributed by atoms with Crippen molar-refractivity contribution in [1.82, 2.24) is 4.98 Å². The summed E-state index contributed by atoms with van der Waals surface area (Å²) in [5.74, 6) is -0.619. The molecule has 11 heteroatoms. The summed E-state index contributed by atoms with van der Waals surface area (Å²) < 4.78 is 65.8. The van der Waals surface area contributed by atoms with Crippen LogP contribution in [0.1, 0.15) is 14.7 Å². The van der Waals surface area contributed by atoms with Gasteiger partial charge in [0.1, 0.15) is 10.6 Å². The summed E-state index contributed by atoms with van der Waals surface area (Å²) in [6.07, 6.45) is 1.30. The zero-order valence-electron chi connectivity index (χ0n) is 12.3. The number of alkyl halides is 3. The molecule has 6 nitrogen and oxygen atoms in total. The summed E-state index contributed by atoms with van der Waals surface area (Å²) in [6, 6.07) is 2.49. The third-order valence-corrected chi connectivity index (χ3v) is 5.27. The topological polar surface area (TPSA) is 85.4 Å². The van der Waals surface area contributed by atoms with Crippen LogP contribution in [0.5, 0.6) is 5.75 Å². The lowest BCUT2D eigenvalue weighted by atomic mass is 10.3. The van der Waals surface area contributed by atoms with Crippen molar-refractivity contribution < 1.29 is 31.1 Å². The molecule has 24 heavy (non-hydrogen) atoms. The minimum absolute atomic E-state index is 0.0192. The number of nitrogens with zero attached hydrogens (tertiary/aromatic N) is 1. The lowest BCUT2D eigenvalue weighted by Crippen LogP contribution is -2.23. The summed E-state index contributed by atoms with van der Waals surface area (Å²) in [4.78, 5) is 15.2. The molecule has 0 bridgehead atoms. The Labute approximate surface area is 139 Å². The van der Waals surface area contributed by atoms with Crippen LogP contribution in [0.3, 0.4) is 0 Å². The number of nitrogens with one attached hydrogen (secondary N) is 1. The molecule has 130 valence electrons. The summed E-state index contributed by atoms with van der Waals surface area (Å²) in [7, 11) is -4.30. The normalized spacial score (nSPS) is 12.0. The summed E-state index contributed by atoms with van der Waals surface area (Å²) >= 11 is 1.08.